The van der Waals surface area contributed by atoms with Crippen LogP contribution >= 0.6 is 0 Å². The van der Waals surface area contributed by atoms with Crippen LogP contribution in [-0.4, -0.2) is 53.1 Å². The van der Waals surface area contributed by atoms with Crippen molar-refractivity contribution in [3.05, 3.63) is 71.5 Å². The number of nitrogens with zero attached hydrogens (tertiary/aromatic N) is 2. The third-order valence-electron chi connectivity index (χ3n) is 4.78. The van der Waals surface area contributed by atoms with Crippen molar-refractivity contribution >= 4 is 5.91 Å². The van der Waals surface area contributed by atoms with Crippen LogP contribution in [0.5, 0.6) is 0 Å². The Morgan fingerprint density at radius 2 is 1.69 bits per heavy atom. The second-order valence-electron chi connectivity index (χ2n) is 6.79. The number of carbonyl (C=O) groups excluding carboxylic acids is 1. The molecule has 1 N–H and O–H groups in total. The molecule has 138 valence electrons. The topological polar surface area (TPSA) is 43.8 Å². The van der Waals surface area contributed by atoms with Gasteiger partial charge in [0, 0.05) is 39.1 Å². The Kier molecular flexibility index (Phi) is 6.36. The van der Waals surface area contributed by atoms with E-state index in [1.807, 2.05) is 30.3 Å². The first-order chi connectivity index (χ1) is 12.6. The lowest BCUT2D eigenvalue weighted by Gasteiger charge is -2.24. The van der Waals surface area contributed by atoms with E-state index in [4.69, 9.17) is 0 Å². The number of halogens is 1. The molecule has 1 heterocycles. The summed E-state index contributed by atoms with van der Waals surface area (Å²) in [6.45, 7) is 3.64. The van der Waals surface area contributed by atoms with Crippen LogP contribution < -0.4 is 0 Å². The molecule has 0 saturated carbocycles. The van der Waals surface area contributed by atoms with E-state index in [1.165, 1.54) is 12.1 Å². The minimum Gasteiger partial charge on any atom is -0.383 e. The van der Waals surface area contributed by atoms with Crippen LogP contribution in [0.25, 0.3) is 0 Å². The van der Waals surface area contributed by atoms with E-state index >= 15 is 0 Å². The van der Waals surface area contributed by atoms with Crippen molar-refractivity contribution in [2.24, 2.45) is 0 Å². The Bertz CT molecular complexity index is 706. The van der Waals surface area contributed by atoms with Crippen molar-refractivity contribution < 1.29 is 14.3 Å². The Hall–Kier alpha value is -2.24. The number of rotatable bonds is 5. The summed E-state index contributed by atoms with van der Waals surface area (Å²) in [7, 11) is 0. The van der Waals surface area contributed by atoms with Crippen LogP contribution in [0, 0.1) is 5.82 Å². The molecule has 4 nitrogen and oxygen atoms in total. The van der Waals surface area contributed by atoms with Crippen molar-refractivity contribution in [2.45, 2.75) is 25.5 Å². The van der Waals surface area contributed by atoms with Gasteiger partial charge in [0.1, 0.15) is 11.9 Å². The molecule has 2 aromatic carbocycles. The first-order valence-corrected chi connectivity index (χ1v) is 9.09. The summed E-state index contributed by atoms with van der Waals surface area (Å²) in [5, 5.41) is 10.3. The number of hydrogen-bond donors (Lipinski definition) is 1. The monoisotopic (exact) mass is 356 g/mol. The molecule has 0 bridgehead atoms. The maximum absolute atomic E-state index is 13.0. The highest BCUT2D eigenvalue weighted by molar-refractivity contribution is 5.81. The highest BCUT2D eigenvalue weighted by Gasteiger charge is 2.24. The number of amides is 1. The van der Waals surface area contributed by atoms with Crippen LogP contribution in [-0.2, 0) is 17.8 Å². The van der Waals surface area contributed by atoms with Gasteiger partial charge in [0.15, 0.2) is 0 Å². The van der Waals surface area contributed by atoms with E-state index in [0.717, 1.165) is 37.2 Å². The summed E-state index contributed by atoms with van der Waals surface area (Å²) < 4.78 is 13.0. The van der Waals surface area contributed by atoms with Gasteiger partial charge in [0.25, 0.3) is 5.91 Å². The van der Waals surface area contributed by atoms with Crippen LogP contribution in [0.3, 0.4) is 0 Å². The summed E-state index contributed by atoms with van der Waals surface area (Å²) in [5.41, 5.74) is 2.02. The summed E-state index contributed by atoms with van der Waals surface area (Å²) in [6.07, 6.45) is 0.210. The predicted octanol–water partition coefficient (Wildman–Crippen LogP) is 2.46. The molecule has 0 aliphatic carbocycles. The molecule has 0 unspecified atom stereocenters. The zero-order valence-electron chi connectivity index (χ0n) is 14.9. The van der Waals surface area contributed by atoms with E-state index in [1.54, 1.807) is 17.0 Å². The van der Waals surface area contributed by atoms with Crippen molar-refractivity contribution in [1.29, 1.82) is 0 Å². The lowest BCUT2D eigenvalue weighted by atomic mass is 10.1. The molecule has 5 heteroatoms. The van der Waals surface area contributed by atoms with Crippen LogP contribution in [0.1, 0.15) is 17.5 Å². The van der Waals surface area contributed by atoms with Gasteiger partial charge in [-0.2, -0.15) is 0 Å². The number of benzene rings is 2. The Morgan fingerprint density at radius 3 is 2.42 bits per heavy atom. The van der Waals surface area contributed by atoms with Gasteiger partial charge in [-0.05, 0) is 29.7 Å². The zero-order chi connectivity index (χ0) is 18.4. The Labute approximate surface area is 153 Å². The van der Waals surface area contributed by atoms with Crippen molar-refractivity contribution in [3.8, 4) is 0 Å². The van der Waals surface area contributed by atoms with Gasteiger partial charge in [-0.3, -0.25) is 9.69 Å². The lowest BCUT2D eigenvalue weighted by Crippen LogP contribution is -2.42. The molecular weight excluding hydrogens is 331 g/mol. The fraction of sp³-hybridized carbons (Fsp3) is 0.381. The molecule has 0 radical (unpaired) electrons. The minimum absolute atomic E-state index is 0.197. The fourth-order valence-electron chi connectivity index (χ4n) is 3.33. The van der Waals surface area contributed by atoms with E-state index < -0.39 is 6.10 Å². The molecule has 0 aromatic heterocycles. The van der Waals surface area contributed by atoms with Crippen LogP contribution in [0.2, 0.25) is 0 Å². The molecule has 1 saturated heterocycles. The van der Waals surface area contributed by atoms with Crippen LogP contribution in [0.15, 0.2) is 54.6 Å². The third kappa shape index (κ3) is 5.13. The standard InChI is InChI=1S/C21H25FN2O2/c22-19-9-7-18(8-10-19)16-23-11-4-12-24(14-13-23)21(26)20(25)15-17-5-2-1-3-6-17/h1-3,5-10,20,25H,4,11-16H2/t20-/m0/s1. The summed E-state index contributed by atoms with van der Waals surface area (Å²) in [6, 6.07) is 16.1. The summed E-state index contributed by atoms with van der Waals surface area (Å²) in [5.74, 6) is -0.425. The molecule has 3 rings (SSSR count). The summed E-state index contributed by atoms with van der Waals surface area (Å²) in [4.78, 5) is 16.6. The summed E-state index contributed by atoms with van der Waals surface area (Å²) >= 11 is 0. The normalized spacial score (nSPS) is 16.9. The van der Waals surface area contributed by atoms with Gasteiger partial charge in [0.2, 0.25) is 0 Å². The highest BCUT2D eigenvalue weighted by atomic mass is 19.1. The van der Waals surface area contributed by atoms with E-state index in [2.05, 4.69) is 4.90 Å². The maximum Gasteiger partial charge on any atom is 0.251 e. The SMILES string of the molecule is O=C([C@@H](O)Cc1ccccc1)N1CCCN(Cc2ccc(F)cc2)CC1. The number of aliphatic hydroxyl groups is 1. The van der Waals surface area contributed by atoms with Crippen molar-refractivity contribution in [1.82, 2.24) is 9.80 Å². The van der Waals surface area contributed by atoms with Crippen LogP contribution in [0.4, 0.5) is 4.39 Å². The molecule has 2 aromatic rings. The van der Waals surface area contributed by atoms with Gasteiger partial charge >= 0.3 is 0 Å². The number of carbonyl (C=O) groups is 1. The van der Waals surface area contributed by atoms with Crippen molar-refractivity contribution in [3.63, 3.8) is 0 Å². The van der Waals surface area contributed by atoms with E-state index in [-0.39, 0.29) is 11.7 Å². The van der Waals surface area contributed by atoms with E-state index in [9.17, 15) is 14.3 Å². The Balaban J connectivity index is 1.52. The molecule has 1 amide bonds. The zero-order valence-corrected chi connectivity index (χ0v) is 14.9. The van der Waals surface area contributed by atoms with Crippen molar-refractivity contribution in [2.75, 3.05) is 26.2 Å². The van der Waals surface area contributed by atoms with Gasteiger partial charge in [0.05, 0.1) is 0 Å². The highest BCUT2D eigenvalue weighted by Crippen LogP contribution is 2.12. The first kappa shape index (κ1) is 18.5. The average Bonchev–Trinajstić information content (AvgIpc) is 2.89. The quantitative estimate of drug-likeness (QED) is 0.895. The fourth-order valence-corrected chi connectivity index (χ4v) is 3.33. The van der Waals surface area contributed by atoms with Gasteiger partial charge < -0.3 is 10.0 Å². The van der Waals surface area contributed by atoms with Gasteiger partial charge in [-0.25, -0.2) is 4.39 Å². The van der Waals surface area contributed by atoms with Gasteiger partial charge in [-0.15, -0.1) is 0 Å². The smallest absolute Gasteiger partial charge is 0.251 e. The molecule has 1 aliphatic heterocycles. The second-order valence-corrected chi connectivity index (χ2v) is 6.79. The maximum atomic E-state index is 13.0. The van der Waals surface area contributed by atoms with E-state index in [0.29, 0.717) is 19.5 Å². The molecule has 1 atom stereocenters. The average molecular weight is 356 g/mol. The molecular formula is C21H25FN2O2. The molecule has 1 aliphatic rings. The first-order valence-electron chi connectivity index (χ1n) is 9.09. The largest absolute Gasteiger partial charge is 0.383 e. The number of hydrogen-bond acceptors (Lipinski definition) is 3. The molecule has 26 heavy (non-hydrogen) atoms. The predicted molar refractivity (Wildman–Crippen MR) is 99.0 cm³/mol. The third-order valence-corrected chi connectivity index (χ3v) is 4.78. The van der Waals surface area contributed by atoms with Gasteiger partial charge in [-0.1, -0.05) is 42.5 Å². The molecule has 0 spiro atoms. The number of aliphatic hydroxyl groups excluding tert-OH is 1. The minimum atomic E-state index is -0.999. The lowest BCUT2D eigenvalue weighted by molar-refractivity contribution is -0.140. The Morgan fingerprint density at radius 1 is 0.962 bits per heavy atom. The second kappa shape index (κ2) is 8.92. The molecule has 1 fully saturated rings.